The van der Waals surface area contributed by atoms with Gasteiger partial charge < -0.3 is 5.32 Å². The number of nitrogens with one attached hydrogen (secondary N) is 2. The molecule has 0 radical (unpaired) electrons. The molecule has 0 rings (SSSR count). The number of alkyl halides is 23. The maximum absolute atomic E-state index is 14.7. The highest BCUT2D eigenvalue weighted by molar-refractivity contribution is 7.90. The second-order valence-corrected chi connectivity index (χ2v) is 10.1. The lowest BCUT2D eigenvalue weighted by Crippen LogP contribution is -2.76. The molecule has 270 valence electrons. The quantitative estimate of drug-likeness (QED) is 0.119. The van der Waals surface area contributed by atoms with Crippen molar-refractivity contribution in [3.8, 4) is 0 Å². The molecule has 2 N–H and O–H groups in total. The van der Waals surface area contributed by atoms with Crippen LogP contribution in [0.15, 0.2) is 0 Å². The van der Waals surface area contributed by atoms with Gasteiger partial charge in [0.1, 0.15) is 0 Å². The molecule has 0 bridgehead atoms. The van der Waals surface area contributed by atoms with Crippen LogP contribution >= 0.6 is 0 Å². The summed E-state index contributed by atoms with van der Waals surface area (Å²) in [4.78, 5) is 11.6. The van der Waals surface area contributed by atoms with Crippen LogP contribution in [0, 0.1) is 0 Å². The van der Waals surface area contributed by atoms with Crippen molar-refractivity contribution in [2.45, 2.75) is 84.6 Å². The third-order valence-corrected chi connectivity index (χ3v) is 6.70. The average molecular weight is 748 g/mol. The lowest BCUT2D eigenvalue weighted by atomic mass is 9.91. The van der Waals surface area contributed by atoms with Gasteiger partial charge in [0.25, 0.3) is 15.9 Å². The van der Waals surface area contributed by atoms with E-state index in [9.17, 15) is 114 Å². The van der Waals surface area contributed by atoms with Crippen LogP contribution in [0.5, 0.6) is 0 Å². The first-order chi connectivity index (χ1) is 19.2. The van der Waals surface area contributed by atoms with Crippen LogP contribution in [0.2, 0.25) is 0 Å². The SMILES string of the molecule is CCCCNC(=O)C(F)(NS(=O)(=O)C(F)(F)C(F)(F)C(F)(F)C(F)(F)C(F)(F)C(F)(F)C(F)(F)C(F)(F)F)C(F)(F)C(F)(F)F. The van der Waals surface area contributed by atoms with Gasteiger partial charge in [-0.15, -0.1) is 0 Å². The van der Waals surface area contributed by atoms with Gasteiger partial charge in [-0.05, 0) is 6.42 Å². The van der Waals surface area contributed by atoms with E-state index in [1.165, 1.54) is 0 Å². The Hall–Kier alpha value is -2.23. The number of sulfonamides is 1. The summed E-state index contributed by atoms with van der Waals surface area (Å²) in [6, 6.07) is 0. The van der Waals surface area contributed by atoms with Crippen molar-refractivity contribution < 1.29 is 114 Å². The molecule has 0 saturated heterocycles. The van der Waals surface area contributed by atoms with Gasteiger partial charge in [-0.2, -0.15) is 101 Å². The van der Waals surface area contributed by atoms with E-state index in [4.69, 9.17) is 0 Å². The summed E-state index contributed by atoms with van der Waals surface area (Å²) in [6.07, 6.45) is -16.5. The standard InChI is InChI=1S/C16H11F23N2O3S/c1-2-3-4-40-5(42)6(17,7(18,19)14(32,33)34)41-45(43,44)16(38,39)13(30,31)11(26,27)9(22,23)8(20,21)10(24,25)12(28,29)15(35,36)37/h41H,2-4H2,1H3,(H,40,42). The van der Waals surface area contributed by atoms with E-state index in [1.807, 2.05) is 0 Å². The first-order valence-corrected chi connectivity index (χ1v) is 11.8. The fourth-order valence-electron chi connectivity index (χ4n) is 2.52. The summed E-state index contributed by atoms with van der Waals surface area (Å²) < 4.78 is 328. The van der Waals surface area contributed by atoms with Crippen LogP contribution in [-0.4, -0.2) is 85.7 Å². The van der Waals surface area contributed by atoms with Crippen LogP contribution in [0.3, 0.4) is 0 Å². The maximum atomic E-state index is 14.7. The number of rotatable bonds is 14. The number of halogens is 23. The minimum atomic E-state index is -9.37. The predicted octanol–water partition coefficient (Wildman–Crippen LogP) is 6.65. The molecule has 1 amide bonds. The molecule has 45 heavy (non-hydrogen) atoms. The lowest BCUT2D eigenvalue weighted by Gasteiger charge is -2.42. The Morgan fingerprint density at radius 2 is 0.822 bits per heavy atom. The summed E-state index contributed by atoms with van der Waals surface area (Å²) in [7, 11) is -9.09. The zero-order valence-electron chi connectivity index (χ0n) is 20.4. The Kier molecular flexibility index (Phi) is 10.9. The van der Waals surface area contributed by atoms with Gasteiger partial charge in [-0.3, -0.25) is 4.79 Å². The van der Waals surface area contributed by atoms with E-state index in [0.29, 0.717) is 5.32 Å². The molecule has 0 aromatic rings. The largest absolute Gasteiger partial charge is 0.460 e. The highest BCUT2D eigenvalue weighted by atomic mass is 32.2. The number of carbonyl (C=O) groups is 1. The number of carbonyl (C=O) groups excluding carboxylic acids is 1. The maximum Gasteiger partial charge on any atom is 0.460 e. The van der Waals surface area contributed by atoms with E-state index in [0.717, 1.165) is 6.92 Å². The first-order valence-electron chi connectivity index (χ1n) is 10.4. The normalized spacial score (nSPS) is 17.2. The van der Waals surface area contributed by atoms with E-state index < -0.39 is 98.5 Å². The third-order valence-electron chi connectivity index (χ3n) is 5.22. The molecule has 0 aliphatic carbocycles. The molecule has 5 nitrogen and oxygen atoms in total. The minimum Gasteiger partial charge on any atom is -0.352 e. The lowest BCUT2D eigenvalue weighted by molar-refractivity contribution is -0.458. The molecule has 1 atom stereocenters. The van der Waals surface area contributed by atoms with Crippen LogP contribution in [-0.2, 0) is 14.8 Å². The Bertz CT molecular complexity index is 1190. The van der Waals surface area contributed by atoms with Gasteiger partial charge in [-0.25, -0.2) is 12.8 Å². The first kappa shape index (κ1) is 42.8. The molecule has 0 aliphatic rings. The van der Waals surface area contributed by atoms with Crippen molar-refractivity contribution in [2.24, 2.45) is 0 Å². The topological polar surface area (TPSA) is 75.3 Å². The molecule has 0 spiro atoms. The Labute approximate surface area is 232 Å². The fourth-order valence-corrected chi connectivity index (χ4v) is 3.70. The van der Waals surface area contributed by atoms with Crippen LogP contribution in [0.1, 0.15) is 19.8 Å². The summed E-state index contributed by atoms with van der Waals surface area (Å²) in [5.41, 5.74) is 0. The molecule has 29 heteroatoms. The fraction of sp³-hybridized carbons (Fsp3) is 0.938. The molecule has 0 aromatic carbocycles. The average Bonchev–Trinajstić information content (AvgIpc) is 2.81. The Balaban J connectivity index is 7.36. The van der Waals surface area contributed by atoms with Crippen molar-refractivity contribution in [1.82, 2.24) is 10.0 Å². The van der Waals surface area contributed by atoms with Gasteiger partial charge in [0.2, 0.25) is 0 Å². The number of hydrogen-bond acceptors (Lipinski definition) is 3. The van der Waals surface area contributed by atoms with E-state index in [-0.39, 0.29) is 6.42 Å². The summed E-state index contributed by atoms with van der Waals surface area (Å²) in [5.74, 6) is -73.3. The second kappa shape index (κ2) is 11.5. The van der Waals surface area contributed by atoms with Gasteiger partial charge in [0, 0.05) is 6.54 Å². The molecular formula is C16H11F23N2O3S. The molecular weight excluding hydrogens is 737 g/mol. The molecule has 0 aliphatic heterocycles. The van der Waals surface area contributed by atoms with Crippen molar-refractivity contribution >= 4 is 15.9 Å². The summed E-state index contributed by atoms with van der Waals surface area (Å²) >= 11 is 0. The zero-order chi connectivity index (χ0) is 37.1. The number of amides is 1. The van der Waals surface area contributed by atoms with Gasteiger partial charge in [-0.1, -0.05) is 13.3 Å². The van der Waals surface area contributed by atoms with Gasteiger partial charge in [0.05, 0.1) is 0 Å². The minimum absolute atomic E-state index is 0.187. The second-order valence-electron chi connectivity index (χ2n) is 8.41. The smallest absolute Gasteiger partial charge is 0.352 e. The van der Waals surface area contributed by atoms with E-state index >= 15 is 0 Å². The Morgan fingerprint density at radius 3 is 1.13 bits per heavy atom. The van der Waals surface area contributed by atoms with Crippen molar-refractivity contribution in [3.05, 3.63) is 0 Å². The van der Waals surface area contributed by atoms with Gasteiger partial charge >= 0.3 is 64.9 Å². The molecule has 0 aromatic heterocycles. The highest BCUT2D eigenvalue weighted by Crippen LogP contribution is 2.64. The third kappa shape index (κ3) is 6.02. The summed E-state index contributed by atoms with van der Waals surface area (Å²) in [5, 5.41) is -8.08. The van der Waals surface area contributed by atoms with Crippen molar-refractivity contribution in [1.29, 1.82) is 0 Å². The van der Waals surface area contributed by atoms with E-state index in [2.05, 4.69) is 0 Å². The van der Waals surface area contributed by atoms with Crippen molar-refractivity contribution in [2.75, 3.05) is 6.54 Å². The zero-order valence-corrected chi connectivity index (χ0v) is 21.3. The van der Waals surface area contributed by atoms with Crippen LogP contribution in [0.4, 0.5) is 101 Å². The van der Waals surface area contributed by atoms with Crippen LogP contribution in [0.25, 0.3) is 0 Å². The van der Waals surface area contributed by atoms with Crippen LogP contribution < -0.4 is 10.0 Å². The van der Waals surface area contributed by atoms with E-state index in [1.54, 1.807) is 0 Å². The monoisotopic (exact) mass is 748 g/mol. The van der Waals surface area contributed by atoms with Crippen molar-refractivity contribution in [3.63, 3.8) is 0 Å². The number of hydrogen-bond donors (Lipinski definition) is 2. The Morgan fingerprint density at radius 1 is 0.511 bits per heavy atom. The highest BCUT2D eigenvalue weighted by Gasteiger charge is 2.96. The molecule has 0 saturated carbocycles. The molecule has 0 fully saturated rings. The number of unbranched alkanes of at least 4 members (excludes halogenated alkanes) is 1. The molecule has 0 heterocycles. The van der Waals surface area contributed by atoms with Gasteiger partial charge in [0.15, 0.2) is 0 Å². The summed E-state index contributed by atoms with van der Waals surface area (Å²) in [6.45, 7) is -0.135. The predicted molar refractivity (Wildman–Crippen MR) is 95.5 cm³/mol. The molecule has 1 unspecified atom stereocenters.